The van der Waals surface area contributed by atoms with Gasteiger partial charge >= 0.3 is 0 Å². The van der Waals surface area contributed by atoms with Gasteiger partial charge in [0, 0.05) is 17.4 Å². The van der Waals surface area contributed by atoms with E-state index in [-0.39, 0.29) is 5.12 Å². The minimum atomic E-state index is 0.0878. The van der Waals surface area contributed by atoms with Gasteiger partial charge in [0.05, 0.1) is 0 Å². The number of hydrogen-bond acceptors (Lipinski definition) is 3. The fourth-order valence-electron chi connectivity index (χ4n) is 2.12. The number of carbonyl (C=O) groups excluding carboxylic acids is 1. The van der Waals surface area contributed by atoms with Gasteiger partial charge in [-0.15, -0.1) is 0 Å². The molecule has 0 saturated carbocycles. The number of benzene rings is 2. The first-order chi connectivity index (χ1) is 9.97. The van der Waals surface area contributed by atoms with Crippen molar-refractivity contribution in [1.29, 1.82) is 0 Å². The molecule has 0 fully saturated rings. The Balaban J connectivity index is 2.17. The molecule has 2 aromatic carbocycles. The molecule has 0 spiro atoms. The summed E-state index contributed by atoms with van der Waals surface area (Å²) in [7, 11) is 0. The Morgan fingerprint density at radius 2 is 1.71 bits per heavy atom. The van der Waals surface area contributed by atoms with Crippen molar-refractivity contribution >= 4 is 16.9 Å². The highest BCUT2D eigenvalue weighted by molar-refractivity contribution is 8.13. The normalized spacial score (nSPS) is 10.5. The van der Waals surface area contributed by atoms with E-state index in [9.17, 15) is 4.79 Å². The van der Waals surface area contributed by atoms with E-state index in [4.69, 9.17) is 4.74 Å². The molecule has 0 heterocycles. The first-order valence-electron chi connectivity index (χ1n) is 6.94. The molecule has 0 aliphatic rings. The van der Waals surface area contributed by atoms with Crippen LogP contribution in [0.25, 0.3) is 0 Å². The molecule has 0 unspecified atom stereocenters. The molecule has 110 valence electrons. The second-order valence-corrected chi connectivity index (χ2v) is 6.41. The van der Waals surface area contributed by atoms with Crippen LogP contribution in [0.15, 0.2) is 41.3 Å². The first kappa shape index (κ1) is 15.6. The van der Waals surface area contributed by atoms with Crippen LogP contribution in [0.4, 0.5) is 0 Å². The van der Waals surface area contributed by atoms with Crippen molar-refractivity contribution in [3.05, 3.63) is 58.7 Å². The van der Waals surface area contributed by atoms with Crippen LogP contribution in [0.1, 0.15) is 29.2 Å². The quantitative estimate of drug-likeness (QED) is 0.757. The van der Waals surface area contributed by atoms with Crippen molar-refractivity contribution in [3.63, 3.8) is 0 Å². The summed E-state index contributed by atoms with van der Waals surface area (Å²) in [4.78, 5) is 12.3. The molecule has 0 aliphatic heterocycles. The third kappa shape index (κ3) is 4.11. The van der Waals surface area contributed by atoms with Gasteiger partial charge in [-0.1, -0.05) is 36.0 Å². The number of carbonyl (C=O) groups is 1. The van der Waals surface area contributed by atoms with E-state index >= 15 is 0 Å². The molecule has 21 heavy (non-hydrogen) atoms. The van der Waals surface area contributed by atoms with Gasteiger partial charge in [0.15, 0.2) is 5.12 Å². The number of thioether (sulfide) groups is 1. The van der Waals surface area contributed by atoms with Crippen molar-refractivity contribution in [2.45, 2.75) is 39.2 Å². The standard InChI is InChI=1S/C18H20O2S/c1-12-9-14(3)17(10-13(12)2)20-11-16-7-5-6-8-18(16)21-15(4)19/h5-10H,11H2,1-4H3. The van der Waals surface area contributed by atoms with Crippen molar-refractivity contribution in [3.8, 4) is 5.75 Å². The number of rotatable bonds is 4. The van der Waals surface area contributed by atoms with Crippen LogP contribution in [0.3, 0.4) is 0 Å². The van der Waals surface area contributed by atoms with E-state index < -0.39 is 0 Å². The second-order valence-electron chi connectivity index (χ2n) is 5.19. The number of hydrogen-bond donors (Lipinski definition) is 0. The zero-order valence-corrected chi connectivity index (χ0v) is 13.7. The SMILES string of the molecule is CC(=O)Sc1ccccc1COc1cc(C)c(C)cc1C. The molecular weight excluding hydrogens is 280 g/mol. The Hall–Kier alpha value is -1.74. The zero-order valence-electron chi connectivity index (χ0n) is 12.9. The number of ether oxygens (including phenoxy) is 1. The maximum atomic E-state index is 11.3. The smallest absolute Gasteiger partial charge is 0.190 e. The van der Waals surface area contributed by atoms with Crippen LogP contribution in [0.2, 0.25) is 0 Å². The van der Waals surface area contributed by atoms with Gasteiger partial charge in [0.1, 0.15) is 12.4 Å². The maximum absolute atomic E-state index is 11.3. The second kappa shape index (κ2) is 6.81. The van der Waals surface area contributed by atoms with Gasteiger partial charge in [0.2, 0.25) is 0 Å². The first-order valence-corrected chi connectivity index (χ1v) is 7.76. The molecule has 0 aromatic heterocycles. The van der Waals surface area contributed by atoms with E-state index in [1.54, 1.807) is 6.92 Å². The minimum absolute atomic E-state index is 0.0878. The highest BCUT2D eigenvalue weighted by Crippen LogP contribution is 2.27. The molecule has 2 nitrogen and oxygen atoms in total. The average Bonchev–Trinajstić information content (AvgIpc) is 2.42. The molecule has 0 saturated heterocycles. The monoisotopic (exact) mass is 300 g/mol. The molecule has 0 bridgehead atoms. The lowest BCUT2D eigenvalue weighted by Crippen LogP contribution is -2.00. The number of aryl methyl sites for hydroxylation is 3. The molecule has 3 heteroatoms. The lowest BCUT2D eigenvalue weighted by Gasteiger charge is -2.13. The van der Waals surface area contributed by atoms with Crippen molar-refractivity contribution in [1.82, 2.24) is 0 Å². The van der Waals surface area contributed by atoms with Gasteiger partial charge in [-0.2, -0.15) is 0 Å². The Bertz CT molecular complexity index is 662. The van der Waals surface area contributed by atoms with Gasteiger partial charge in [-0.05, 0) is 49.6 Å². The molecule has 0 radical (unpaired) electrons. The largest absolute Gasteiger partial charge is 0.489 e. The molecule has 0 atom stereocenters. The van der Waals surface area contributed by atoms with Crippen molar-refractivity contribution < 1.29 is 9.53 Å². The highest BCUT2D eigenvalue weighted by atomic mass is 32.2. The van der Waals surface area contributed by atoms with Gasteiger partial charge in [-0.3, -0.25) is 4.79 Å². The Labute approximate surface area is 130 Å². The van der Waals surface area contributed by atoms with E-state index in [1.165, 1.54) is 22.9 Å². The molecule has 2 rings (SSSR count). The summed E-state index contributed by atoms with van der Waals surface area (Å²) in [6, 6.07) is 12.1. The molecule has 2 aromatic rings. The van der Waals surface area contributed by atoms with Crippen LogP contribution < -0.4 is 4.74 Å². The lowest BCUT2D eigenvalue weighted by atomic mass is 10.1. The van der Waals surface area contributed by atoms with E-state index in [1.807, 2.05) is 24.3 Å². The van der Waals surface area contributed by atoms with Gasteiger partial charge < -0.3 is 4.74 Å². The van der Waals surface area contributed by atoms with Gasteiger partial charge in [0.25, 0.3) is 0 Å². The summed E-state index contributed by atoms with van der Waals surface area (Å²) in [5, 5.41) is 0.0878. The zero-order chi connectivity index (χ0) is 15.4. The topological polar surface area (TPSA) is 26.3 Å². The molecule has 0 amide bonds. The predicted octanol–water partition coefficient (Wildman–Crippen LogP) is 4.83. The summed E-state index contributed by atoms with van der Waals surface area (Å²) in [6.07, 6.45) is 0. The molecular formula is C18H20O2S. The Morgan fingerprint density at radius 1 is 1.05 bits per heavy atom. The fraction of sp³-hybridized carbons (Fsp3) is 0.278. The van der Waals surface area contributed by atoms with Gasteiger partial charge in [-0.25, -0.2) is 0 Å². The lowest BCUT2D eigenvalue weighted by molar-refractivity contribution is -0.109. The van der Waals surface area contributed by atoms with Crippen LogP contribution in [0, 0.1) is 20.8 Å². The average molecular weight is 300 g/mol. The third-order valence-corrected chi connectivity index (χ3v) is 4.31. The summed E-state index contributed by atoms with van der Waals surface area (Å²) in [6.45, 7) is 8.29. The summed E-state index contributed by atoms with van der Waals surface area (Å²) >= 11 is 1.25. The van der Waals surface area contributed by atoms with E-state index in [2.05, 4.69) is 32.9 Å². The maximum Gasteiger partial charge on any atom is 0.190 e. The summed E-state index contributed by atoms with van der Waals surface area (Å²) in [5.41, 5.74) is 4.67. The van der Waals surface area contributed by atoms with Crippen LogP contribution in [-0.4, -0.2) is 5.12 Å². The van der Waals surface area contributed by atoms with Crippen LogP contribution in [0.5, 0.6) is 5.75 Å². The van der Waals surface area contributed by atoms with Crippen molar-refractivity contribution in [2.24, 2.45) is 0 Å². The Morgan fingerprint density at radius 3 is 2.43 bits per heavy atom. The van der Waals surface area contributed by atoms with E-state index in [0.717, 1.165) is 21.8 Å². The summed E-state index contributed by atoms with van der Waals surface area (Å²) in [5.74, 6) is 0.903. The van der Waals surface area contributed by atoms with Crippen LogP contribution >= 0.6 is 11.8 Å². The molecule has 0 aliphatic carbocycles. The Kier molecular flexibility index (Phi) is 5.07. The minimum Gasteiger partial charge on any atom is -0.489 e. The van der Waals surface area contributed by atoms with Crippen molar-refractivity contribution in [2.75, 3.05) is 0 Å². The summed E-state index contributed by atoms with van der Waals surface area (Å²) < 4.78 is 5.96. The predicted molar refractivity (Wildman–Crippen MR) is 88.0 cm³/mol. The highest BCUT2D eigenvalue weighted by Gasteiger charge is 2.08. The third-order valence-electron chi connectivity index (χ3n) is 3.40. The van der Waals surface area contributed by atoms with Crippen LogP contribution in [-0.2, 0) is 11.4 Å². The molecule has 0 N–H and O–H groups in total. The van der Waals surface area contributed by atoms with E-state index in [0.29, 0.717) is 6.61 Å². The fourth-order valence-corrected chi connectivity index (χ4v) is 2.84.